The highest BCUT2D eigenvalue weighted by atomic mass is 19.1. The van der Waals surface area contributed by atoms with E-state index in [9.17, 15) is 14.0 Å². The largest absolute Gasteiger partial charge is 0.497 e. The van der Waals surface area contributed by atoms with Gasteiger partial charge in [-0.15, -0.1) is 5.10 Å². The Balaban J connectivity index is 1.67. The Kier molecular flexibility index (Phi) is 5.49. The molecule has 28 heavy (non-hydrogen) atoms. The lowest BCUT2D eigenvalue weighted by Crippen LogP contribution is -2.21. The van der Waals surface area contributed by atoms with E-state index in [4.69, 9.17) is 10.5 Å². The van der Waals surface area contributed by atoms with Gasteiger partial charge in [-0.05, 0) is 24.3 Å². The molecule has 0 saturated heterocycles. The monoisotopic (exact) mass is 384 g/mol. The number of anilines is 3. The minimum atomic E-state index is -0.734. The fraction of sp³-hybridized carbons (Fsp3) is 0.111. The minimum Gasteiger partial charge on any atom is -0.497 e. The van der Waals surface area contributed by atoms with Gasteiger partial charge in [0.2, 0.25) is 5.91 Å². The smallest absolute Gasteiger partial charge is 0.280 e. The molecule has 0 fully saturated rings. The Hall–Kier alpha value is -3.95. The number of aromatic nitrogens is 3. The molecular formula is C18H17FN6O3. The quantitative estimate of drug-likeness (QED) is 0.596. The van der Waals surface area contributed by atoms with Gasteiger partial charge in [-0.2, -0.15) is 0 Å². The molecular weight excluding hydrogens is 367 g/mol. The molecule has 0 radical (unpaired) electrons. The average molecular weight is 384 g/mol. The van der Waals surface area contributed by atoms with E-state index in [1.54, 1.807) is 30.3 Å². The van der Waals surface area contributed by atoms with E-state index in [0.717, 1.165) is 4.68 Å². The fourth-order valence-corrected chi connectivity index (χ4v) is 2.38. The third-order valence-corrected chi connectivity index (χ3v) is 3.76. The summed E-state index contributed by atoms with van der Waals surface area (Å²) in [5.74, 6) is -1.28. The van der Waals surface area contributed by atoms with Crippen LogP contribution in [0.1, 0.15) is 10.5 Å². The lowest BCUT2D eigenvalue weighted by molar-refractivity contribution is -0.116. The predicted molar refractivity (Wildman–Crippen MR) is 100 cm³/mol. The standard InChI is InChI=1S/C18H17FN6O3/c1-28-12-6-4-5-11(9-12)21-15(26)10-25-17(20)16(23-24-25)18(27)22-14-8-3-2-7-13(14)19/h2-9H,10,20H2,1H3,(H,21,26)(H,22,27). The summed E-state index contributed by atoms with van der Waals surface area (Å²) in [7, 11) is 1.52. The van der Waals surface area contributed by atoms with Crippen molar-refractivity contribution in [3.63, 3.8) is 0 Å². The Morgan fingerprint density at radius 1 is 1.18 bits per heavy atom. The van der Waals surface area contributed by atoms with Gasteiger partial charge in [0.05, 0.1) is 12.8 Å². The maximum atomic E-state index is 13.7. The number of nitrogens with zero attached hydrogens (tertiary/aromatic N) is 3. The summed E-state index contributed by atoms with van der Waals surface area (Å²) in [4.78, 5) is 24.5. The highest BCUT2D eigenvalue weighted by molar-refractivity contribution is 6.05. The Bertz CT molecular complexity index is 1020. The number of carbonyl (C=O) groups excluding carboxylic acids is 2. The summed E-state index contributed by atoms with van der Waals surface area (Å²) >= 11 is 0. The highest BCUT2D eigenvalue weighted by Gasteiger charge is 2.20. The van der Waals surface area contributed by atoms with Crippen LogP contribution in [0.4, 0.5) is 21.6 Å². The van der Waals surface area contributed by atoms with Gasteiger partial charge in [-0.25, -0.2) is 9.07 Å². The first-order chi connectivity index (χ1) is 13.5. The van der Waals surface area contributed by atoms with Crippen molar-refractivity contribution < 1.29 is 18.7 Å². The number of nitrogens with two attached hydrogens (primary N) is 1. The number of nitrogens with one attached hydrogen (secondary N) is 2. The van der Waals surface area contributed by atoms with Gasteiger partial charge >= 0.3 is 0 Å². The average Bonchev–Trinajstić information content (AvgIpc) is 3.04. The Labute approximate surface area is 159 Å². The second kappa shape index (κ2) is 8.16. The number of ether oxygens (including phenoxy) is 1. The van der Waals surface area contributed by atoms with Crippen molar-refractivity contribution in [2.45, 2.75) is 6.54 Å². The lowest BCUT2D eigenvalue weighted by atomic mass is 10.3. The molecule has 0 aliphatic heterocycles. The van der Waals surface area contributed by atoms with Gasteiger partial charge in [0.1, 0.15) is 18.1 Å². The van der Waals surface area contributed by atoms with E-state index < -0.39 is 17.6 Å². The molecule has 2 aromatic carbocycles. The van der Waals surface area contributed by atoms with Crippen molar-refractivity contribution in [2.75, 3.05) is 23.5 Å². The van der Waals surface area contributed by atoms with E-state index in [1.165, 1.54) is 25.3 Å². The molecule has 0 unspecified atom stereocenters. The number of para-hydroxylation sites is 1. The van der Waals surface area contributed by atoms with E-state index in [-0.39, 0.29) is 23.7 Å². The summed E-state index contributed by atoms with van der Waals surface area (Å²) in [6, 6.07) is 12.5. The molecule has 0 aliphatic rings. The van der Waals surface area contributed by atoms with Crippen LogP contribution in [0.15, 0.2) is 48.5 Å². The number of benzene rings is 2. The number of methoxy groups -OCH3 is 1. The second-order valence-electron chi connectivity index (χ2n) is 5.70. The van der Waals surface area contributed by atoms with Gasteiger partial charge in [0.25, 0.3) is 5.91 Å². The first-order valence-electron chi connectivity index (χ1n) is 8.16. The summed E-state index contributed by atoms with van der Waals surface area (Å²) < 4.78 is 19.8. The molecule has 3 rings (SSSR count). The normalized spacial score (nSPS) is 10.4. The van der Waals surface area contributed by atoms with Crippen molar-refractivity contribution in [3.8, 4) is 5.75 Å². The summed E-state index contributed by atoms with van der Waals surface area (Å²) in [6.07, 6.45) is 0. The summed E-state index contributed by atoms with van der Waals surface area (Å²) in [6.45, 7) is -0.261. The van der Waals surface area contributed by atoms with E-state index >= 15 is 0 Å². The third-order valence-electron chi connectivity index (χ3n) is 3.76. The number of hydrogen-bond acceptors (Lipinski definition) is 6. The molecule has 3 aromatic rings. The molecule has 0 aliphatic carbocycles. The third kappa shape index (κ3) is 4.23. The van der Waals surface area contributed by atoms with Gasteiger partial charge in [0, 0.05) is 11.8 Å². The predicted octanol–water partition coefficient (Wildman–Crippen LogP) is 1.90. The number of carbonyl (C=O) groups is 2. The number of amides is 2. The number of rotatable bonds is 6. The zero-order valence-electron chi connectivity index (χ0n) is 14.8. The van der Waals surface area contributed by atoms with Gasteiger partial charge in [-0.1, -0.05) is 23.4 Å². The number of halogens is 1. The molecule has 9 nitrogen and oxygen atoms in total. The minimum absolute atomic E-state index is 0.0165. The van der Waals surface area contributed by atoms with Crippen molar-refractivity contribution in [1.82, 2.24) is 15.0 Å². The number of hydrogen-bond donors (Lipinski definition) is 3. The SMILES string of the molecule is COc1cccc(NC(=O)Cn2nnc(C(=O)Nc3ccccc3F)c2N)c1. The molecule has 4 N–H and O–H groups in total. The van der Waals surface area contributed by atoms with Crippen LogP contribution in [-0.4, -0.2) is 33.9 Å². The molecule has 144 valence electrons. The maximum absolute atomic E-state index is 13.7. The van der Waals surface area contributed by atoms with Crippen LogP contribution in [0.5, 0.6) is 5.75 Å². The van der Waals surface area contributed by atoms with Crippen molar-refractivity contribution in [1.29, 1.82) is 0 Å². The zero-order valence-corrected chi connectivity index (χ0v) is 14.8. The zero-order chi connectivity index (χ0) is 20.1. The molecule has 10 heteroatoms. The van der Waals surface area contributed by atoms with Crippen molar-refractivity contribution >= 4 is 29.0 Å². The van der Waals surface area contributed by atoms with Crippen molar-refractivity contribution in [3.05, 3.63) is 60.0 Å². The van der Waals surface area contributed by atoms with Crippen LogP contribution in [-0.2, 0) is 11.3 Å². The van der Waals surface area contributed by atoms with Crippen LogP contribution in [0.2, 0.25) is 0 Å². The van der Waals surface area contributed by atoms with Crippen LogP contribution >= 0.6 is 0 Å². The van der Waals surface area contributed by atoms with Crippen LogP contribution in [0.25, 0.3) is 0 Å². The lowest BCUT2D eigenvalue weighted by Gasteiger charge is -2.08. The highest BCUT2D eigenvalue weighted by Crippen LogP contribution is 2.18. The molecule has 0 saturated carbocycles. The summed E-state index contributed by atoms with van der Waals surface area (Å²) in [5, 5.41) is 12.4. The fourth-order valence-electron chi connectivity index (χ4n) is 2.38. The van der Waals surface area contributed by atoms with E-state index in [0.29, 0.717) is 11.4 Å². The van der Waals surface area contributed by atoms with Crippen LogP contribution in [0, 0.1) is 5.82 Å². The molecule has 0 atom stereocenters. The van der Waals surface area contributed by atoms with Crippen LogP contribution in [0.3, 0.4) is 0 Å². The van der Waals surface area contributed by atoms with E-state index in [1.807, 2.05) is 0 Å². The first-order valence-corrected chi connectivity index (χ1v) is 8.16. The molecule has 1 aromatic heterocycles. The molecule has 2 amide bonds. The van der Waals surface area contributed by atoms with E-state index in [2.05, 4.69) is 20.9 Å². The Morgan fingerprint density at radius 3 is 2.71 bits per heavy atom. The molecule has 0 bridgehead atoms. The first kappa shape index (κ1) is 18.8. The molecule has 0 spiro atoms. The summed E-state index contributed by atoms with van der Waals surface area (Å²) in [5.41, 5.74) is 6.17. The molecule has 1 heterocycles. The van der Waals surface area contributed by atoms with Gasteiger partial charge in [-0.3, -0.25) is 9.59 Å². The van der Waals surface area contributed by atoms with Gasteiger partial charge < -0.3 is 21.1 Å². The van der Waals surface area contributed by atoms with Crippen molar-refractivity contribution in [2.24, 2.45) is 0 Å². The number of nitrogen functional groups attached to an aromatic ring is 1. The van der Waals surface area contributed by atoms with Crippen LogP contribution < -0.4 is 21.1 Å². The topological polar surface area (TPSA) is 124 Å². The maximum Gasteiger partial charge on any atom is 0.280 e. The Morgan fingerprint density at radius 2 is 1.96 bits per heavy atom. The second-order valence-corrected chi connectivity index (χ2v) is 5.70. The van der Waals surface area contributed by atoms with Gasteiger partial charge in [0.15, 0.2) is 11.5 Å².